The van der Waals surface area contributed by atoms with Crippen LogP contribution in [-0.4, -0.2) is 15.2 Å². The number of hydrogen-bond donors (Lipinski definition) is 1. The van der Waals surface area contributed by atoms with Gasteiger partial charge in [0, 0.05) is 15.1 Å². The molecule has 0 aliphatic heterocycles. The average molecular weight is 352 g/mol. The monoisotopic (exact) mass is 350 g/mol. The molecule has 4 nitrogen and oxygen atoms in total. The Labute approximate surface area is 128 Å². The summed E-state index contributed by atoms with van der Waals surface area (Å²) in [5, 5.41) is 14.3. The van der Waals surface area contributed by atoms with Crippen molar-refractivity contribution in [3.63, 3.8) is 0 Å². The molecule has 1 N–H and O–H groups in total. The van der Waals surface area contributed by atoms with E-state index in [9.17, 15) is 5.11 Å². The minimum atomic E-state index is 0.0895. The van der Waals surface area contributed by atoms with Crippen molar-refractivity contribution < 1.29 is 9.63 Å². The van der Waals surface area contributed by atoms with Crippen LogP contribution in [0.1, 0.15) is 0 Å². The summed E-state index contributed by atoms with van der Waals surface area (Å²) in [6, 6.07) is 12.2. The molecule has 0 saturated heterocycles. The Morgan fingerprint density at radius 2 is 2.00 bits per heavy atom. The summed E-state index contributed by atoms with van der Waals surface area (Å²) < 4.78 is 6.03. The number of aromatic nitrogens is 2. The largest absolute Gasteiger partial charge is 0.507 e. The molecule has 2 aromatic carbocycles. The Hall–Kier alpha value is -1.85. The maximum Gasteiger partial charge on any atom is 0.258 e. The lowest BCUT2D eigenvalue weighted by atomic mass is 10.2. The van der Waals surface area contributed by atoms with E-state index in [1.807, 2.05) is 6.07 Å². The molecular weight excluding hydrogens is 344 g/mol. The van der Waals surface area contributed by atoms with Crippen molar-refractivity contribution in [2.24, 2.45) is 0 Å². The highest BCUT2D eigenvalue weighted by Crippen LogP contribution is 2.31. The fourth-order valence-electron chi connectivity index (χ4n) is 1.76. The van der Waals surface area contributed by atoms with Gasteiger partial charge in [0.15, 0.2) is 0 Å². The molecule has 0 fully saturated rings. The first-order chi connectivity index (χ1) is 9.63. The highest BCUT2D eigenvalue weighted by molar-refractivity contribution is 9.10. The van der Waals surface area contributed by atoms with Crippen LogP contribution in [0.3, 0.4) is 0 Å². The number of phenolic OH excluding ortho intramolecular Hbond substituents is 1. The van der Waals surface area contributed by atoms with Gasteiger partial charge in [-0.15, -0.1) is 0 Å². The summed E-state index contributed by atoms with van der Waals surface area (Å²) in [5.41, 5.74) is 1.22. The van der Waals surface area contributed by atoms with Crippen LogP contribution in [0.2, 0.25) is 5.02 Å². The van der Waals surface area contributed by atoms with Crippen LogP contribution in [0.15, 0.2) is 51.5 Å². The van der Waals surface area contributed by atoms with Gasteiger partial charge in [-0.3, -0.25) is 0 Å². The third-order valence-corrected chi connectivity index (χ3v) is 3.43. The lowest BCUT2D eigenvalue weighted by molar-refractivity contribution is 0.431. The summed E-state index contributed by atoms with van der Waals surface area (Å²) >= 11 is 9.27. The smallest absolute Gasteiger partial charge is 0.258 e. The number of phenols is 1. The summed E-state index contributed by atoms with van der Waals surface area (Å²) in [6.45, 7) is 0. The molecule has 0 radical (unpaired) electrons. The standard InChI is InChI=1S/C14H8BrClN2O2/c15-9-4-5-12(19)11(7-9)13-17-14(20-18-13)8-2-1-3-10(16)6-8/h1-7,19H. The third kappa shape index (κ3) is 2.55. The van der Waals surface area contributed by atoms with E-state index in [1.165, 1.54) is 0 Å². The molecule has 1 aromatic heterocycles. The Morgan fingerprint density at radius 3 is 2.80 bits per heavy atom. The second kappa shape index (κ2) is 5.26. The van der Waals surface area contributed by atoms with Gasteiger partial charge in [0.2, 0.25) is 5.82 Å². The highest BCUT2D eigenvalue weighted by Gasteiger charge is 2.14. The van der Waals surface area contributed by atoms with Crippen LogP contribution in [0.5, 0.6) is 5.75 Å². The number of rotatable bonds is 2. The fraction of sp³-hybridized carbons (Fsp3) is 0. The van der Waals surface area contributed by atoms with E-state index in [-0.39, 0.29) is 5.75 Å². The first-order valence-electron chi connectivity index (χ1n) is 5.72. The summed E-state index contributed by atoms with van der Waals surface area (Å²) in [7, 11) is 0. The van der Waals surface area contributed by atoms with Crippen molar-refractivity contribution in [2.75, 3.05) is 0 Å². The van der Waals surface area contributed by atoms with Crippen LogP contribution in [0.25, 0.3) is 22.8 Å². The molecule has 0 spiro atoms. The predicted molar refractivity (Wildman–Crippen MR) is 79.5 cm³/mol. The van der Waals surface area contributed by atoms with Crippen molar-refractivity contribution in [1.29, 1.82) is 0 Å². The van der Waals surface area contributed by atoms with Gasteiger partial charge >= 0.3 is 0 Å². The van der Waals surface area contributed by atoms with Crippen LogP contribution >= 0.6 is 27.5 Å². The minimum absolute atomic E-state index is 0.0895. The van der Waals surface area contributed by atoms with E-state index < -0.39 is 0 Å². The number of aromatic hydroxyl groups is 1. The van der Waals surface area contributed by atoms with Gasteiger partial charge in [-0.1, -0.05) is 38.8 Å². The number of hydrogen-bond acceptors (Lipinski definition) is 4. The topological polar surface area (TPSA) is 59.2 Å². The van der Waals surface area contributed by atoms with Crippen molar-refractivity contribution in [1.82, 2.24) is 10.1 Å². The van der Waals surface area contributed by atoms with Gasteiger partial charge in [0.1, 0.15) is 5.75 Å². The molecule has 0 aliphatic rings. The van der Waals surface area contributed by atoms with Crippen LogP contribution < -0.4 is 0 Å². The van der Waals surface area contributed by atoms with Crippen LogP contribution in [-0.2, 0) is 0 Å². The van der Waals surface area contributed by atoms with Crippen molar-refractivity contribution in [3.8, 4) is 28.6 Å². The quantitative estimate of drug-likeness (QED) is 0.737. The maximum absolute atomic E-state index is 9.85. The molecule has 0 amide bonds. The Kier molecular flexibility index (Phi) is 3.46. The normalized spacial score (nSPS) is 10.7. The van der Waals surface area contributed by atoms with Gasteiger partial charge in [-0.05, 0) is 36.4 Å². The number of nitrogens with zero attached hydrogens (tertiary/aromatic N) is 2. The van der Waals surface area contributed by atoms with E-state index >= 15 is 0 Å². The zero-order valence-corrected chi connectivity index (χ0v) is 12.4. The van der Waals surface area contributed by atoms with E-state index in [0.717, 1.165) is 10.0 Å². The first-order valence-corrected chi connectivity index (χ1v) is 6.89. The summed E-state index contributed by atoms with van der Waals surface area (Å²) in [4.78, 5) is 4.28. The molecule has 100 valence electrons. The zero-order chi connectivity index (χ0) is 14.1. The van der Waals surface area contributed by atoms with Crippen LogP contribution in [0.4, 0.5) is 0 Å². The van der Waals surface area contributed by atoms with Crippen LogP contribution in [0, 0.1) is 0 Å². The molecule has 3 aromatic rings. The molecule has 1 heterocycles. The summed E-state index contributed by atoms with van der Waals surface area (Å²) in [5.74, 6) is 0.757. The Bertz CT molecular complexity index is 773. The Balaban J connectivity index is 2.04. The molecule has 3 rings (SSSR count). The minimum Gasteiger partial charge on any atom is -0.507 e. The van der Waals surface area contributed by atoms with Crippen molar-refractivity contribution >= 4 is 27.5 Å². The second-order valence-electron chi connectivity index (χ2n) is 4.09. The molecule has 0 atom stereocenters. The molecular formula is C14H8BrClN2O2. The van der Waals surface area contributed by atoms with Gasteiger partial charge in [0.25, 0.3) is 5.89 Å². The Morgan fingerprint density at radius 1 is 1.15 bits per heavy atom. The van der Waals surface area contributed by atoms with E-state index in [0.29, 0.717) is 22.3 Å². The lowest BCUT2D eigenvalue weighted by Gasteiger charge is -1.99. The molecule has 0 aliphatic carbocycles. The number of halogens is 2. The molecule has 0 saturated carbocycles. The summed E-state index contributed by atoms with van der Waals surface area (Å²) in [6.07, 6.45) is 0. The molecule has 0 bridgehead atoms. The van der Waals surface area contributed by atoms with Crippen molar-refractivity contribution in [2.45, 2.75) is 0 Å². The second-order valence-corrected chi connectivity index (χ2v) is 5.45. The predicted octanol–water partition coefficient (Wildman–Crippen LogP) is 4.53. The van der Waals surface area contributed by atoms with Gasteiger partial charge in [0.05, 0.1) is 5.56 Å². The molecule has 6 heteroatoms. The van der Waals surface area contributed by atoms with Gasteiger partial charge in [-0.25, -0.2) is 0 Å². The maximum atomic E-state index is 9.85. The molecule has 0 unspecified atom stereocenters. The highest BCUT2D eigenvalue weighted by atomic mass is 79.9. The zero-order valence-electron chi connectivity index (χ0n) is 10.0. The fourth-order valence-corrected chi connectivity index (χ4v) is 2.31. The third-order valence-electron chi connectivity index (χ3n) is 2.70. The van der Waals surface area contributed by atoms with Gasteiger partial charge in [-0.2, -0.15) is 4.98 Å². The number of benzene rings is 2. The van der Waals surface area contributed by atoms with Gasteiger partial charge < -0.3 is 9.63 Å². The first kappa shape index (κ1) is 13.1. The van der Waals surface area contributed by atoms with Crippen molar-refractivity contribution in [3.05, 3.63) is 52.0 Å². The molecule has 20 heavy (non-hydrogen) atoms. The average Bonchev–Trinajstić information content (AvgIpc) is 2.91. The van der Waals surface area contributed by atoms with E-state index in [4.69, 9.17) is 16.1 Å². The van der Waals surface area contributed by atoms with E-state index in [1.54, 1.807) is 36.4 Å². The van der Waals surface area contributed by atoms with E-state index in [2.05, 4.69) is 26.1 Å². The lowest BCUT2D eigenvalue weighted by Crippen LogP contribution is -1.83. The SMILES string of the molecule is Oc1ccc(Br)cc1-c1noc(-c2cccc(Cl)c2)n1.